The molecule has 2 fully saturated rings. The maximum absolute atomic E-state index is 14.0. The van der Waals surface area contributed by atoms with Gasteiger partial charge >= 0.3 is 0 Å². The number of benzene rings is 1. The van der Waals surface area contributed by atoms with Gasteiger partial charge in [0, 0.05) is 42.6 Å². The van der Waals surface area contributed by atoms with E-state index in [4.69, 9.17) is 26.9 Å². The Morgan fingerprint density at radius 3 is 2.77 bits per heavy atom. The number of nitrogens with one attached hydrogen (secondary N) is 3. The van der Waals surface area contributed by atoms with Gasteiger partial charge in [-0.1, -0.05) is 11.6 Å². The number of halogens is 2. The highest BCUT2D eigenvalue weighted by molar-refractivity contribution is 6.43. The van der Waals surface area contributed by atoms with Crippen LogP contribution in [0.5, 0.6) is 5.75 Å². The minimum absolute atomic E-state index is 0.0385. The van der Waals surface area contributed by atoms with E-state index in [9.17, 15) is 14.0 Å². The molecule has 9 nitrogen and oxygen atoms in total. The highest BCUT2D eigenvalue weighted by Gasteiger charge is 2.35. The van der Waals surface area contributed by atoms with Crippen molar-refractivity contribution in [1.82, 2.24) is 15.5 Å². The van der Waals surface area contributed by atoms with Crippen LogP contribution in [-0.2, 0) is 4.79 Å². The number of aliphatic hydroxyl groups excluding tert-OH is 1. The number of carbonyl (C=O) groups is 2. The van der Waals surface area contributed by atoms with E-state index in [0.29, 0.717) is 35.0 Å². The van der Waals surface area contributed by atoms with Gasteiger partial charge in [-0.2, -0.15) is 0 Å². The number of nitrogens with zero attached hydrogens (tertiary/aromatic N) is 2. The van der Waals surface area contributed by atoms with Gasteiger partial charge in [0.05, 0.1) is 41.7 Å². The van der Waals surface area contributed by atoms with E-state index < -0.39 is 5.82 Å². The van der Waals surface area contributed by atoms with Crippen LogP contribution in [0.25, 0.3) is 0 Å². The Labute approximate surface area is 207 Å². The molecule has 2 aliphatic heterocycles. The summed E-state index contributed by atoms with van der Waals surface area (Å²) in [5, 5.41) is 23.7. The number of aliphatic hydroxyl groups is 1. The van der Waals surface area contributed by atoms with Crippen LogP contribution in [0.15, 0.2) is 45.3 Å². The zero-order chi connectivity index (χ0) is 25.3. The molecule has 0 atom stereocenters. The first-order valence-electron chi connectivity index (χ1n) is 11.3. The Hall–Kier alpha value is -3.24. The van der Waals surface area contributed by atoms with Crippen molar-refractivity contribution in [2.45, 2.75) is 45.3 Å². The lowest BCUT2D eigenvalue weighted by Gasteiger charge is -2.36. The van der Waals surface area contributed by atoms with E-state index in [2.05, 4.69) is 15.6 Å². The Kier molecular flexibility index (Phi) is 7.23. The smallest absolute Gasteiger partial charge is 0.258 e. The summed E-state index contributed by atoms with van der Waals surface area (Å²) < 4.78 is 19.9. The zero-order valence-electron chi connectivity index (χ0n) is 19.5. The van der Waals surface area contributed by atoms with Gasteiger partial charge in [0.25, 0.3) is 5.91 Å². The third-order valence-corrected chi connectivity index (χ3v) is 6.69. The maximum Gasteiger partial charge on any atom is 0.258 e. The van der Waals surface area contributed by atoms with Gasteiger partial charge in [-0.3, -0.25) is 9.59 Å². The Morgan fingerprint density at radius 1 is 1.34 bits per heavy atom. The molecular weight excluding hydrogens is 477 g/mol. The molecule has 0 unspecified atom stereocenters. The van der Waals surface area contributed by atoms with E-state index in [1.165, 1.54) is 23.1 Å². The number of hydrogen-bond acceptors (Lipinski definition) is 7. The molecule has 11 heteroatoms. The summed E-state index contributed by atoms with van der Waals surface area (Å²) in [6.45, 7) is 3.63. The predicted octanol–water partition coefficient (Wildman–Crippen LogP) is 2.46. The summed E-state index contributed by atoms with van der Waals surface area (Å²) in [5.41, 5.74) is 2.40. The molecule has 2 heterocycles. The summed E-state index contributed by atoms with van der Waals surface area (Å²) >= 11 is 6.19. The molecule has 35 heavy (non-hydrogen) atoms. The molecule has 3 aliphatic rings. The molecule has 186 valence electrons. The van der Waals surface area contributed by atoms with Gasteiger partial charge in [-0.05, 0) is 26.0 Å². The van der Waals surface area contributed by atoms with Gasteiger partial charge in [0.1, 0.15) is 23.5 Å². The van der Waals surface area contributed by atoms with Crippen LogP contribution in [0.3, 0.4) is 0 Å². The largest absolute Gasteiger partial charge is 0.489 e. The van der Waals surface area contributed by atoms with Crippen molar-refractivity contribution in [3.8, 4) is 5.75 Å². The molecule has 2 amide bonds. The minimum Gasteiger partial charge on any atom is -0.489 e. The SMILES string of the molecule is CC1=N/C(=C2\CN(C(=O)c3ccc(F)cc3O[C@H]3C[C@@H](NC(=O)CCO)C3)CC2=N)NC(C)=C1Cl. The van der Waals surface area contributed by atoms with Crippen molar-refractivity contribution in [3.05, 3.63) is 51.7 Å². The number of hydrogen-bond donors (Lipinski definition) is 4. The number of likely N-dealkylation sites (tertiary alicyclic amines) is 1. The summed E-state index contributed by atoms with van der Waals surface area (Å²) in [7, 11) is 0. The fourth-order valence-electron chi connectivity index (χ4n) is 4.18. The fourth-order valence-corrected chi connectivity index (χ4v) is 4.27. The molecule has 1 aromatic carbocycles. The molecule has 4 rings (SSSR count). The van der Waals surface area contributed by atoms with Crippen molar-refractivity contribution in [2.75, 3.05) is 19.7 Å². The fraction of sp³-hybridized carbons (Fsp3) is 0.417. The molecule has 1 aliphatic carbocycles. The number of aliphatic imine (C=N–C) groups is 1. The highest BCUT2D eigenvalue weighted by atomic mass is 35.5. The molecule has 1 saturated carbocycles. The molecule has 0 bridgehead atoms. The summed E-state index contributed by atoms with van der Waals surface area (Å²) in [6, 6.07) is 3.68. The molecular formula is C24H27ClFN5O4. The zero-order valence-corrected chi connectivity index (χ0v) is 20.2. The summed E-state index contributed by atoms with van der Waals surface area (Å²) in [6.07, 6.45) is 0.798. The summed E-state index contributed by atoms with van der Waals surface area (Å²) in [5.74, 6) is -0.531. The second-order valence-electron chi connectivity index (χ2n) is 8.82. The Balaban J connectivity index is 1.46. The first-order valence-corrected chi connectivity index (χ1v) is 11.7. The number of allylic oxidation sites excluding steroid dienone is 2. The van der Waals surface area contributed by atoms with Gasteiger partial charge in [-0.15, -0.1) is 0 Å². The van der Waals surface area contributed by atoms with Crippen LogP contribution in [-0.4, -0.2) is 65.1 Å². The third kappa shape index (κ3) is 5.38. The van der Waals surface area contributed by atoms with Gasteiger partial charge < -0.3 is 30.8 Å². The molecule has 0 aromatic heterocycles. The standard InChI is InChI=1S/C24H27ClFN5O4/c1-12-22(25)13(2)29-23(28-12)18-10-31(11-19(18)27)24(34)17-4-3-14(26)7-20(17)35-16-8-15(9-16)30-21(33)5-6-32/h3-4,7,15-16,27-28,32H,5-6,8-11H2,1-2H3,(H,30,33)/b23-18+,27-19?/t15-,16+. The lowest BCUT2D eigenvalue weighted by atomic mass is 9.89. The normalized spacial score (nSPS) is 24.1. The van der Waals surface area contributed by atoms with E-state index >= 15 is 0 Å². The first-order chi connectivity index (χ1) is 16.7. The van der Waals surface area contributed by atoms with Crippen LogP contribution in [0.2, 0.25) is 0 Å². The molecule has 4 N–H and O–H groups in total. The predicted molar refractivity (Wildman–Crippen MR) is 129 cm³/mol. The molecule has 0 radical (unpaired) electrons. The van der Waals surface area contributed by atoms with Crippen LogP contribution < -0.4 is 15.4 Å². The van der Waals surface area contributed by atoms with Crippen LogP contribution in [0.1, 0.15) is 43.5 Å². The van der Waals surface area contributed by atoms with E-state index in [1.54, 1.807) is 6.92 Å². The van der Waals surface area contributed by atoms with Crippen molar-refractivity contribution >= 4 is 34.8 Å². The van der Waals surface area contributed by atoms with Gasteiger partial charge in [0.15, 0.2) is 0 Å². The van der Waals surface area contributed by atoms with E-state index in [-0.39, 0.29) is 67.1 Å². The van der Waals surface area contributed by atoms with Crippen molar-refractivity contribution in [1.29, 1.82) is 5.41 Å². The van der Waals surface area contributed by atoms with E-state index in [0.717, 1.165) is 5.70 Å². The Bertz CT molecular complexity index is 1170. The van der Waals surface area contributed by atoms with Crippen LogP contribution >= 0.6 is 11.6 Å². The third-order valence-electron chi connectivity index (χ3n) is 6.13. The van der Waals surface area contributed by atoms with Gasteiger partial charge in [-0.25, -0.2) is 9.38 Å². The topological polar surface area (TPSA) is 127 Å². The average Bonchev–Trinajstić information content (AvgIpc) is 3.17. The molecule has 0 spiro atoms. The minimum atomic E-state index is -0.531. The lowest BCUT2D eigenvalue weighted by molar-refractivity contribution is -0.123. The second-order valence-corrected chi connectivity index (χ2v) is 9.20. The highest BCUT2D eigenvalue weighted by Crippen LogP contribution is 2.31. The van der Waals surface area contributed by atoms with Crippen LogP contribution in [0, 0.1) is 11.2 Å². The Morgan fingerprint density at radius 2 is 2.09 bits per heavy atom. The monoisotopic (exact) mass is 503 g/mol. The number of amides is 2. The number of carbonyl (C=O) groups excluding carboxylic acids is 2. The second kappa shape index (κ2) is 10.2. The first kappa shape index (κ1) is 24.9. The number of ether oxygens (including phenoxy) is 1. The van der Waals surface area contributed by atoms with Crippen molar-refractivity contribution in [2.24, 2.45) is 4.99 Å². The van der Waals surface area contributed by atoms with Gasteiger partial charge in [0.2, 0.25) is 5.91 Å². The van der Waals surface area contributed by atoms with Crippen molar-refractivity contribution in [3.63, 3.8) is 0 Å². The maximum atomic E-state index is 14.0. The summed E-state index contributed by atoms with van der Waals surface area (Å²) in [4.78, 5) is 30.9. The lowest BCUT2D eigenvalue weighted by Crippen LogP contribution is -2.49. The van der Waals surface area contributed by atoms with E-state index in [1.807, 2.05) is 6.92 Å². The van der Waals surface area contributed by atoms with Crippen molar-refractivity contribution < 1.29 is 23.8 Å². The number of rotatable bonds is 6. The van der Waals surface area contributed by atoms with Crippen LogP contribution in [0.4, 0.5) is 4.39 Å². The average molecular weight is 504 g/mol. The molecule has 1 aromatic rings. The molecule has 1 saturated heterocycles. The quantitative estimate of drug-likeness (QED) is 0.474.